The van der Waals surface area contributed by atoms with Crippen molar-refractivity contribution in [3.63, 3.8) is 0 Å². The third-order valence-electron chi connectivity index (χ3n) is 6.87. The Morgan fingerprint density at radius 2 is 1.58 bits per heavy atom. The van der Waals surface area contributed by atoms with Crippen molar-refractivity contribution in [2.75, 3.05) is 24.5 Å². The highest BCUT2D eigenvalue weighted by Gasteiger charge is 2.32. The normalized spacial score (nSPS) is 16.4. The highest BCUT2D eigenvalue weighted by Crippen LogP contribution is 2.34. The van der Waals surface area contributed by atoms with Gasteiger partial charge in [-0.2, -0.15) is 0 Å². The fourth-order valence-corrected chi connectivity index (χ4v) is 5.07. The number of piperazine rings is 1. The zero-order chi connectivity index (χ0) is 25.4. The minimum atomic E-state index is -0.307. The van der Waals surface area contributed by atoms with Crippen molar-refractivity contribution in [3.05, 3.63) is 111 Å². The van der Waals surface area contributed by atoms with Gasteiger partial charge in [-0.3, -0.25) is 9.69 Å². The zero-order valence-corrected chi connectivity index (χ0v) is 20.0. The molecule has 0 spiro atoms. The summed E-state index contributed by atoms with van der Waals surface area (Å²) in [7, 11) is 1.70. The van der Waals surface area contributed by atoms with E-state index < -0.39 is 0 Å². The largest absolute Gasteiger partial charge is 0.363 e. The molecule has 6 nitrogen and oxygen atoms in total. The third kappa shape index (κ3) is 4.34. The van der Waals surface area contributed by atoms with Crippen LogP contribution in [0.25, 0.3) is 15.9 Å². The van der Waals surface area contributed by atoms with E-state index in [4.69, 9.17) is 6.57 Å². The molecule has 0 aliphatic carbocycles. The summed E-state index contributed by atoms with van der Waals surface area (Å²) in [4.78, 5) is 25.2. The maximum Gasteiger partial charge on any atom is 0.270 e. The first-order chi connectivity index (χ1) is 17.4. The molecule has 2 aromatic carbocycles. The maximum absolute atomic E-state index is 13.7. The Labute approximate surface area is 207 Å². The Bertz CT molecular complexity index is 1460. The zero-order valence-electron chi connectivity index (χ0n) is 20.0. The van der Waals surface area contributed by atoms with Crippen molar-refractivity contribution >= 4 is 22.5 Å². The van der Waals surface area contributed by atoms with E-state index in [0.29, 0.717) is 36.4 Å². The molecule has 0 radical (unpaired) electrons. The average Bonchev–Trinajstić information content (AvgIpc) is 2.88. The van der Waals surface area contributed by atoms with E-state index in [1.54, 1.807) is 54.1 Å². The van der Waals surface area contributed by atoms with Crippen LogP contribution in [0.2, 0.25) is 0 Å². The molecule has 5 rings (SSSR count). The van der Waals surface area contributed by atoms with Crippen LogP contribution in [0, 0.1) is 18.2 Å². The molecule has 2 aromatic heterocycles. The van der Waals surface area contributed by atoms with Crippen molar-refractivity contribution in [2.24, 2.45) is 7.05 Å². The van der Waals surface area contributed by atoms with Gasteiger partial charge in [0.2, 0.25) is 5.52 Å². The molecule has 1 aliphatic rings. The molecule has 1 saturated heterocycles. The van der Waals surface area contributed by atoms with Crippen molar-refractivity contribution < 1.29 is 8.78 Å². The summed E-state index contributed by atoms with van der Waals surface area (Å²) in [6.45, 7) is 11.4. The van der Waals surface area contributed by atoms with Crippen molar-refractivity contribution in [1.82, 2.24) is 14.5 Å². The second-order valence-electron chi connectivity index (χ2n) is 9.12. The lowest BCUT2D eigenvalue weighted by Gasteiger charge is -2.44. The molecule has 1 atom stereocenters. The van der Waals surface area contributed by atoms with Gasteiger partial charge in [0.1, 0.15) is 11.6 Å². The first kappa shape index (κ1) is 23.6. The van der Waals surface area contributed by atoms with Crippen LogP contribution >= 0.6 is 0 Å². The van der Waals surface area contributed by atoms with E-state index in [0.717, 1.165) is 11.1 Å². The molecule has 36 heavy (non-hydrogen) atoms. The van der Waals surface area contributed by atoms with Crippen LogP contribution in [0.4, 0.5) is 20.3 Å². The predicted molar refractivity (Wildman–Crippen MR) is 136 cm³/mol. The lowest BCUT2D eigenvalue weighted by molar-refractivity contribution is 0.188. The van der Waals surface area contributed by atoms with Crippen LogP contribution in [-0.2, 0) is 7.05 Å². The predicted octanol–water partition coefficient (Wildman–Crippen LogP) is 5.06. The first-order valence-electron chi connectivity index (χ1n) is 11.8. The number of hydrogen-bond donors (Lipinski definition) is 0. The lowest BCUT2D eigenvalue weighted by Crippen LogP contribution is -2.53. The first-order valence-corrected chi connectivity index (χ1v) is 11.8. The molecule has 0 unspecified atom stereocenters. The van der Waals surface area contributed by atoms with E-state index in [1.165, 1.54) is 24.3 Å². The molecule has 0 N–H and O–H groups in total. The van der Waals surface area contributed by atoms with Crippen LogP contribution in [0.5, 0.6) is 0 Å². The second kappa shape index (κ2) is 9.51. The summed E-state index contributed by atoms with van der Waals surface area (Å²) >= 11 is 0. The Balaban J connectivity index is 1.51. The molecule has 4 aromatic rings. The SMILES string of the molecule is [C-]#[N+]c1ccc2c(n1)c(N1CCN(C(c3ccc(F)cc3)c3ccc(F)cc3)C[C@@H]1C)cc(=O)n2C. The maximum atomic E-state index is 13.7. The molecule has 182 valence electrons. The highest BCUT2D eigenvalue weighted by atomic mass is 19.1. The molecular weight excluding hydrogens is 460 g/mol. The van der Waals surface area contributed by atoms with E-state index in [9.17, 15) is 13.6 Å². The number of hydrogen-bond acceptors (Lipinski definition) is 4. The van der Waals surface area contributed by atoms with E-state index >= 15 is 0 Å². The molecule has 0 amide bonds. The monoisotopic (exact) mass is 485 g/mol. The van der Waals surface area contributed by atoms with E-state index in [-0.39, 0.29) is 35.1 Å². The van der Waals surface area contributed by atoms with Gasteiger partial charge in [0, 0.05) is 38.8 Å². The minimum absolute atomic E-state index is 0.0100. The van der Waals surface area contributed by atoms with Crippen LogP contribution in [0.3, 0.4) is 0 Å². The Hall–Kier alpha value is -4.09. The number of pyridine rings is 2. The van der Waals surface area contributed by atoms with Crippen molar-refractivity contribution in [2.45, 2.75) is 19.0 Å². The fourth-order valence-electron chi connectivity index (χ4n) is 5.07. The van der Waals surface area contributed by atoms with Gasteiger partial charge in [-0.1, -0.05) is 30.8 Å². The molecule has 0 saturated carbocycles. The standard InChI is InChI=1S/C28H25F2N5O/c1-18-17-34(28(19-4-8-21(29)9-5-19)20-6-10-22(30)11-7-20)14-15-35(18)24-16-26(36)33(3)23-12-13-25(31-2)32-27(23)24/h4-13,16,18,28H,14-15,17H2,1,3H3/t18-/m0/s1. The van der Waals surface area contributed by atoms with Crippen molar-refractivity contribution in [1.29, 1.82) is 0 Å². The average molecular weight is 486 g/mol. The number of rotatable bonds is 4. The van der Waals surface area contributed by atoms with E-state index in [1.807, 2.05) is 0 Å². The molecule has 8 heteroatoms. The van der Waals surface area contributed by atoms with Gasteiger partial charge in [0.25, 0.3) is 11.4 Å². The van der Waals surface area contributed by atoms with Gasteiger partial charge in [-0.25, -0.2) is 8.78 Å². The highest BCUT2D eigenvalue weighted by molar-refractivity contribution is 5.89. The number of fused-ring (bicyclic) bond motifs is 1. The third-order valence-corrected chi connectivity index (χ3v) is 6.87. The van der Waals surface area contributed by atoms with Crippen LogP contribution in [-0.4, -0.2) is 40.1 Å². The van der Waals surface area contributed by atoms with Crippen LogP contribution in [0.1, 0.15) is 24.1 Å². The summed E-state index contributed by atoms with van der Waals surface area (Å²) in [5, 5.41) is 0. The molecule has 1 aliphatic heterocycles. The van der Waals surface area contributed by atoms with Gasteiger partial charge in [0.05, 0.1) is 17.2 Å². The number of aryl methyl sites for hydroxylation is 1. The van der Waals surface area contributed by atoms with E-state index in [2.05, 4.69) is 26.6 Å². The Kier molecular flexibility index (Phi) is 6.25. The molecule has 3 heterocycles. The number of anilines is 1. The summed E-state index contributed by atoms with van der Waals surface area (Å²) in [6, 6.07) is 17.7. The summed E-state index contributed by atoms with van der Waals surface area (Å²) < 4.78 is 28.9. The van der Waals surface area contributed by atoms with Gasteiger partial charge in [-0.05, 0) is 54.4 Å². The fraction of sp³-hybridized carbons (Fsp3) is 0.250. The van der Waals surface area contributed by atoms with Gasteiger partial charge in [0.15, 0.2) is 0 Å². The van der Waals surface area contributed by atoms with Crippen LogP contribution in [0.15, 0.2) is 71.5 Å². The lowest BCUT2D eigenvalue weighted by atomic mass is 9.95. The Morgan fingerprint density at radius 1 is 0.972 bits per heavy atom. The topological polar surface area (TPSA) is 45.7 Å². The summed E-state index contributed by atoms with van der Waals surface area (Å²) in [5.41, 5.74) is 3.72. The van der Waals surface area contributed by atoms with Gasteiger partial charge >= 0.3 is 0 Å². The minimum Gasteiger partial charge on any atom is -0.363 e. The number of nitrogens with zero attached hydrogens (tertiary/aromatic N) is 5. The Morgan fingerprint density at radius 3 is 2.14 bits per heavy atom. The van der Waals surface area contributed by atoms with Crippen molar-refractivity contribution in [3.8, 4) is 0 Å². The number of benzene rings is 2. The smallest absolute Gasteiger partial charge is 0.270 e. The number of aromatic nitrogens is 2. The van der Waals surface area contributed by atoms with Gasteiger partial charge < -0.3 is 14.3 Å². The summed E-state index contributed by atoms with van der Waals surface area (Å²) in [5.74, 6) is -0.335. The molecule has 0 bridgehead atoms. The number of halogens is 2. The molecule has 1 fully saturated rings. The quantitative estimate of drug-likeness (QED) is 0.379. The second-order valence-corrected chi connectivity index (χ2v) is 9.12. The van der Waals surface area contributed by atoms with Gasteiger partial charge in [-0.15, -0.1) is 4.98 Å². The van der Waals surface area contributed by atoms with Crippen LogP contribution < -0.4 is 10.5 Å². The molecular formula is C28H25F2N5O. The summed E-state index contributed by atoms with van der Waals surface area (Å²) in [6.07, 6.45) is 0.